The quantitative estimate of drug-likeness (QED) is 0.184. The fourth-order valence-electron chi connectivity index (χ4n) is 5.97. The van der Waals surface area contributed by atoms with Gasteiger partial charge in [-0.1, -0.05) is 72.8 Å². The first-order valence-electron chi connectivity index (χ1n) is 14.3. The monoisotopic (exact) mass is 530 g/mol. The summed E-state index contributed by atoms with van der Waals surface area (Å²) in [6, 6.07) is 26.5. The SMILES string of the molecule is CC1(C)OB(c2ccc3ccc4c(ccc5c6cc(B7OC(C)(C)C(C)(C)O7)ccc6ccc54)c3c2)OC1(C)C. The molecule has 5 aromatic carbocycles. The fourth-order valence-corrected chi connectivity index (χ4v) is 5.97. The minimum Gasteiger partial charge on any atom is -0.399 e. The van der Waals surface area contributed by atoms with Crippen molar-refractivity contribution in [3.05, 3.63) is 72.8 Å². The Morgan fingerprint density at radius 2 is 0.650 bits per heavy atom. The van der Waals surface area contributed by atoms with E-state index in [1.165, 1.54) is 43.1 Å². The van der Waals surface area contributed by atoms with Crippen molar-refractivity contribution < 1.29 is 18.6 Å². The Morgan fingerprint density at radius 3 is 1.00 bits per heavy atom. The van der Waals surface area contributed by atoms with Crippen molar-refractivity contribution in [1.29, 1.82) is 0 Å². The second-order valence-electron chi connectivity index (χ2n) is 13.5. The fraction of sp³-hybridized carbons (Fsp3) is 0.353. The van der Waals surface area contributed by atoms with Crippen LogP contribution in [0.1, 0.15) is 55.4 Å². The molecule has 0 aromatic heterocycles. The molecule has 0 aliphatic carbocycles. The molecule has 7 rings (SSSR count). The second-order valence-corrected chi connectivity index (χ2v) is 13.5. The average molecular weight is 530 g/mol. The third kappa shape index (κ3) is 3.77. The number of rotatable bonds is 2. The average Bonchev–Trinajstić information content (AvgIpc) is 3.26. The van der Waals surface area contributed by atoms with Crippen molar-refractivity contribution in [2.75, 3.05) is 0 Å². The van der Waals surface area contributed by atoms with Crippen LogP contribution in [0.5, 0.6) is 0 Å². The van der Waals surface area contributed by atoms with E-state index >= 15 is 0 Å². The summed E-state index contributed by atoms with van der Waals surface area (Å²) in [6.45, 7) is 16.8. The van der Waals surface area contributed by atoms with Gasteiger partial charge in [0, 0.05) is 0 Å². The van der Waals surface area contributed by atoms with E-state index in [-0.39, 0.29) is 36.6 Å². The van der Waals surface area contributed by atoms with E-state index in [0.717, 1.165) is 10.9 Å². The van der Waals surface area contributed by atoms with E-state index in [2.05, 4.69) is 128 Å². The van der Waals surface area contributed by atoms with Gasteiger partial charge in [0.25, 0.3) is 0 Å². The topological polar surface area (TPSA) is 36.9 Å². The van der Waals surface area contributed by atoms with Crippen LogP contribution >= 0.6 is 0 Å². The van der Waals surface area contributed by atoms with E-state index in [1.807, 2.05) is 0 Å². The summed E-state index contributed by atoms with van der Waals surface area (Å²) in [7, 11) is -0.773. The predicted octanol–water partition coefficient (Wildman–Crippen LogP) is 6.90. The van der Waals surface area contributed by atoms with Crippen LogP contribution in [0.2, 0.25) is 0 Å². The molecular weight excluding hydrogens is 494 g/mol. The smallest absolute Gasteiger partial charge is 0.399 e. The van der Waals surface area contributed by atoms with Gasteiger partial charge in [0.15, 0.2) is 0 Å². The first-order valence-corrected chi connectivity index (χ1v) is 14.3. The highest BCUT2D eigenvalue weighted by Crippen LogP contribution is 2.39. The van der Waals surface area contributed by atoms with Crippen LogP contribution in [-0.4, -0.2) is 36.6 Å². The van der Waals surface area contributed by atoms with Gasteiger partial charge in [-0.25, -0.2) is 0 Å². The molecule has 0 N–H and O–H groups in total. The lowest BCUT2D eigenvalue weighted by molar-refractivity contribution is 0.00578. The standard InChI is InChI=1S/C34H36B2O4/c1-31(2)32(3,4)38-35(37-31)23-13-9-21-11-15-25-26-16-12-22-10-14-24(36-39-33(5,6)34(7,8)40-36)20-30(22)28(26)18-17-27(25)29(21)19-23/h9-20H,1-8H3. The van der Waals surface area contributed by atoms with Gasteiger partial charge >= 0.3 is 14.2 Å². The largest absolute Gasteiger partial charge is 0.494 e. The van der Waals surface area contributed by atoms with Crippen LogP contribution in [0.4, 0.5) is 0 Å². The minimum absolute atomic E-state index is 0.373. The van der Waals surface area contributed by atoms with Crippen LogP contribution in [-0.2, 0) is 18.6 Å². The molecule has 2 aliphatic rings. The van der Waals surface area contributed by atoms with Gasteiger partial charge in [-0.2, -0.15) is 0 Å². The summed E-state index contributed by atoms with van der Waals surface area (Å²) in [5.74, 6) is 0. The molecule has 4 nitrogen and oxygen atoms in total. The third-order valence-electron chi connectivity index (χ3n) is 9.93. The van der Waals surface area contributed by atoms with Crippen LogP contribution in [0.25, 0.3) is 43.1 Å². The summed E-state index contributed by atoms with van der Waals surface area (Å²) in [5, 5.41) is 9.75. The van der Waals surface area contributed by atoms with Crippen molar-refractivity contribution in [3.8, 4) is 0 Å². The van der Waals surface area contributed by atoms with Crippen LogP contribution in [0.15, 0.2) is 72.8 Å². The lowest BCUT2D eigenvalue weighted by Crippen LogP contribution is -2.41. The Balaban J connectivity index is 1.36. The second kappa shape index (κ2) is 8.33. The van der Waals surface area contributed by atoms with Crippen molar-refractivity contribution in [3.63, 3.8) is 0 Å². The van der Waals surface area contributed by atoms with Gasteiger partial charge in [-0.15, -0.1) is 0 Å². The summed E-state index contributed by atoms with van der Waals surface area (Å²) in [6.07, 6.45) is 0. The zero-order chi connectivity index (χ0) is 28.2. The molecule has 0 bridgehead atoms. The highest BCUT2D eigenvalue weighted by atomic mass is 16.7. The van der Waals surface area contributed by atoms with Gasteiger partial charge in [-0.3, -0.25) is 0 Å². The van der Waals surface area contributed by atoms with E-state index in [9.17, 15) is 0 Å². The predicted molar refractivity (Wildman–Crippen MR) is 168 cm³/mol. The van der Waals surface area contributed by atoms with Crippen molar-refractivity contribution >= 4 is 68.3 Å². The zero-order valence-corrected chi connectivity index (χ0v) is 24.7. The summed E-state index contributed by atoms with van der Waals surface area (Å²) in [5.41, 5.74) is 0.598. The molecule has 0 spiro atoms. The zero-order valence-electron chi connectivity index (χ0n) is 24.7. The molecule has 0 atom stereocenters. The number of fused-ring (bicyclic) bond motifs is 7. The van der Waals surface area contributed by atoms with Crippen molar-refractivity contribution in [2.24, 2.45) is 0 Å². The Bertz CT molecular complexity index is 1670. The lowest BCUT2D eigenvalue weighted by atomic mass is 9.77. The van der Waals surface area contributed by atoms with Crippen LogP contribution in [0, 0.1) is 0 Å². The Labute approximate surface area is 237 Å². The summed E-state index contributed by atoms with van der Waals surface area (Å²) < 4.78 is 25.5. The summed E-state index contributed by atoms with van der Waals surface area (Å²) in [4.78, 5) is 0. The van der Waals surface area contributed by atoms with Crippen LogP contribution < -0.4 is 10.9 Å². The maximum absolute atomic E-state index is 6.37. The maximum Gasteiger partial charge on any atom is 0.494 e. The molecule has 0 radical (unpaired) electrons. The maximum atomic E-state index is 6.37. The van der Waals surface area contributed by atoms with E-state index < -0.39 is 0 Å². The molecule has 202 valence electrons. The lowest BCUT2D eigenvalue weighted by Gasteiger charge is -2.32. The van der Waals surface area contributed by atoms with Crippen LogP contribution in [0.3, 0.4) is 0 Å². The third-order valence-corrected chi connectivity index (χ3v) is 9.93. The highest BCUT2D eigenvalue weighted by molar-refractivity contribution is 6.63. The highest BCUT2D eigenvalue weighted by Gasteiger charge is 2.52. The van der Waals surface area contributed by atoms with Gasteiger partial charge < -0.3 is 18.6 Å². The normalized spacial score (nSPS) is 21.3. The first kappa shape index (κ1) is 26.0. The molecule has 5 aromatic rings. The number of hydrogen-bond donors (Lipinski definition) is 0. The van der Waals surface area contributed by atoms with Crippen molar-refractivity contribution in [2.45, 2.75) is 77.8 Å². The van der Waals surface area contributed by atoms with E-state index in [4.69, 9.17) is 18.6 Å². The summed E-state index contributed by atoms with van der Waals surface area (Å²) >= 11 is 0. The Morgan fingerprint density at radius 1 is 0.375 bits per heavy atom. The van der Waals surface area contributed by atoms with E-state index in [0.29, 0.717) is 0 Å². The van der Waals surface area contributed by atoms with Gasteiger partial charge in [0.2, 0.25) is 0 Å². The Hall–Kier alpha value is -2.89. The van der Waals surface area contributed by atoms with Gasteiger partial charge in [0.05, 0.1) is 22.4 Å². The molecule has 2 aliphatic heterocycles. The first-order chi connectivity index (χ1) is 18.8. The molecule has 2 heterocycles. The molecular formula is C34H36B2O4. The molecule has 0 amide bonds. The Kier molecular flexibility index (Phi) is 5.42. The molecule has 2 saturated heterocycles. The molecule has 0 saturated carbocycles. The molecule has 6 heteroatoms. The molecule has 40 heavy (non-hydrogen) atoms. The van der Waals surface area contributed by atoms with Crippen molar-refractivity contribution in [1.82, 2.24) is 0 Å². The van der Waals surface area contributed by atoms with E-state index in [1.54, 1.807) is 0 Å². The van der Waals surface area contributed by atoms with Gasteiger partial charge in [-0.05, 0) is 109 Å². The van der Waals surface area contributed by atoms with Gasteiger partial charge in [0.1, 0.15) is 0 Å². The number of benzene rings is 5. The molecule has 2 fully saturated rings. The molecule has 0 unspecified atom stereocenters. The number of hydrogen-bond acceptors (Lipinski definition) is 4. The minimum atomic E-state index is -0.387.